The van der Waals surface area contributed by atoms with Crippen molar-refractivity contribution in [1.82, 2.24) is 4.31 Å². The van der Waals surface area contributed by atoms with Crippen LogP contribution in [0.2, 0.25) is 5.02 Å². The van der Waals surface area contributed by atoms with Crippen LogP contribution in [0.25, 0.3) is 0 Å². The molecule has 0 radical (unpaired) electrons. The van der Waals surface area contributed by atoms with Crippen LogP contribution in [0.4, 0.5) is 11.4 Å². The summed E-state index contributed by atoms with van der Waals surface area (Å²) in [6, 6.07) is 10.9. The van der Waals surface area contributed by atoms with Gasteiger partial charge < -0.3 is 4.90 Å². The Morgan fingerprint density at radius 2 is 1.81 bits per heavy atom. The summed E-state index contributed by atoms with van der Waals surface area (Å²) in [5.41, 5.74) is 1.36. The van der Waals surface area contributed by atoms with Gasteiger partial charge in [-0.2, -0.15) is 4.31 Å². The minimum Gasteiger partial charge on any atom is -0.363 e. The molecule has 0 saturated carbocycles. The number of sulfonamides is 1. The second-order valence-electron chi connectivity index (χ2n) is 6.61. The molecule has 0 aromatic heterocycles. The van der Waals surface area contributed by atoms with Gasteiger partial charge >= 0.3 is 0 Å². The van der Waals surface area contributed by atoms with Crippen molar-refractivity contribution in [2.75, 3.05) is 24.5 Å². The van der Waals surface area contributed by atoms with Crippen LogP contribution in [0.15, 0.2) is 47.4 Å². The quantitative estimate of drug-likeness (QED) is 0.570. The topological polar surface area (TPSA) is 83.8 Å². The number of aryl methyl sites for hydroxylation is 1. The van der Waals surface area contributed by atoms with Gasteiger partial charge in [-0.1, -0.05) is 29.3 Å². The largest absolute Gasteiger partial charge is 0.363 e. The molecule has 27 heavy (non-hydrogen) atoms. The second-order valence-corrected chi connectivity index (χ2v) is 8.94. The van der Waals surface area contributed by atoms with Crippen LogP contribution in [-0.2, 0) is 10.0 Å². The summed E-state index contributed by atoms with van der Waals surface area (Å²) in [6.45, 7) is 4.67. The highest BCUT2D eigenvalue weighted by molar-refractivity contribution is 7.89. The number of hydrogen-bond acceptors (Lipinski definition) is 5. The molecule has 0 spiro atoms. The lowest BCUT2D eigenvalue weighted by atomic mass is 10.2. The van der Waals surface area contributed by atoms with Crippen LogP contribution >= 0.6 is 11.6 Å². The molecule has 0 amide bonds. The van der Waals surface area contributed by atoms with Crippen LogP contribution in [0.1, 0.15) is 12.5 Å². The van der Waals surface area contributed by atoms with Gasteiger partial charge in [-0.3, -0.25) is 10.1 Å². The number of benzene rings is 2. The van der Waals surface area contributed by atoms with E-state index >= 15 is 0 Å². The van der Waals surface area contributed by atoms with Crippen molar-refractivity contribution >= 4 is 33.0 Å². The van der Waals surface area contributed by atoms with E-state index in [0.717, 1.165) is 5.56 Å². The van der Waals surface area contributed by atoms with Crippen molar-refractivity contribution in [3.63, 3.8) is 0 Å². The molecule has 1 heterocycles. The molecule has 2 aromatic rings. The fraction of sp³-hybridized carbons (Fsp3) is 0.333. The van der Waals surface area contributed by atoms with Crippen LogP contribution in [0.3, 0.4) is 0 Å². The van der Waals surface area contributed by atoms with Gasteiger partial charge in [-0.05, 0) is 38.1 Å². The van der Waals surface area contributed by atoms with E-state index in [9.17, 15) is 18.5 Å². The molecule has 3 rings (SSSR count). The lowest BCUT2D eigenvalue weighted by Crippen LogP contribution is -2.54. The van der Waals surface area contributed by atoms with E-state index in [4.69, 9.17) is 11.6 Å². The number of piperazine rings is 1. The third-order valence-corrected chi connectivity index (χ3v) is 6.93. The van der Waals surface area contributed by atoms with Crippen molar-refractivity contribution in [3.8, 4) is 0 Å². The van der Waals surface area contributed by atoms with Gasteiger partial charge in [0, 0.05) is 36.8 Å². The summed E-state index contributed by atoms with van der Waals surface area (Å²) in [5.74, 6) is 0. The maximum Gasteiger partial charge on any atom is 0.294 e. The molecular formula is C18H20ClN3O4S. The van der Waals surface area contributed by atoms with Crippen molar-refractivity contribution in [2.24, 2.45) is 0 Å². The predicted molar refractivity (Wildman–Crippen MR) is 105 cm³/mol. The zero-order valence-corrected chi connectivity index (χ0v) is 16.6. The van der Waals surface area contributed by atoms with Gasteiger partial charge in [0.2, 0.25) is 10.0 Å². The molecule has 1 aliphatic rings. The Balaban J connectivity index is 1.84. The number of anilines is 1. The van der Waals surface area contributed by atoms with Gasteiger partial charge in [-0.15, -0.1) is 0 Å². The first-order valence-electron chi connectivity index (χ1n) is 8.47. The molecule has 7 nitrogen and oxygen atoms in total. The lowest BCUT2D eigenvalue weighted by Gasteiger charge is -2.39. The molecule has 0 N–H and O–H groups in total. The third-order valence-electron chi connectivity index (χ3n) is 4.67. The first kappa shape index (κ1) is 19.6. The number of hydrogen-bond donors (Lipinski definition) is 0. The van der Waals surface area contributed by atoms with Gasteiger partial charge in [0.1, 0.15) is 5.69 Å². The van der Waals surface area contributed by atoms with Crippen LogP contribution in [-0.4, -0.2) is 43.3 Å². The Hall–Kier alpha value is -2.16. The molecule has 1 atom stereocenters. The normalized spacial score (nSPS) is 18.5. The number of nitrogens with zero attached hydrogens (tertiary/aromatic N) is 3. The monoisotopic (exact) mass is 409 g/mol. The Morgan fingerprint density at radius 1 is 1.15 bits per heavy atom. The van der Waals surface area contributed by atoms with Crippen LogP contribution in [0.5, 0.6) is 0 Å². The summed E-state index contributed by atoms with van der Waals surface area (Å²) in [6.07, 6.45) is 0. The Labute approximate surface area is 163 Å². The number of nitro groups is 1. The molecule has 9 heteroatoms. The molecular weight excluding hydrogens is 390 g/mol. The van der Waals surface area contributed by atoms with Gasteiger partial charge in [0.05, 0.1) is 9.82 Å². The Kier molecular flexibility index (Phi) is 5.41. The highest BCUT2D eigenvalue weighted by Crippen LogP contribution is 2.33. The first-order chi connectivity index (χ1) is 12.7. The molecule has 0 bridgehead atoms. The highest BCUT2D eigenvalue weighted by atomic mass is 35.5. The highest BCUT2D eigenvalue weighted by Gasteiger charge is 2.35. The summed E-state index contributed by atoms with van der Waals surface area (Å²) in [5, 5.41) is 11.6. The van der Waals surface area contributed by atoms with Crippen molar-refractivity contribution < 1.29 is 13.3 Å². The van der Waals surface area contributed by atoms with Crippen LogP contribution < -0.4 is 4.90 Å². The molecule has 144 valence electrons. The predicted octanol–water partition coefficient (Wildman–Crippen LogP) is 3.46. The zero-order valence-electron chi connectivity index (χ0n) is 15.0. The fourth-order valence-electron chi connectivity index (χ4n) is 3.27. The summed E-state index contributed by atoms with van der Waals surface area (Å²) >= 11 is 5.88. The fourth-order valence-corrected chi connectivity index (χ4v) is 5.05. The Bertz CT molecular complexity index is 963. The standard InChI is InChI=1S/C18H20ClN3O4S/c1-13-3-6-16(7-4-13)27(25,26)21-10-9-20(12-14(21)2)17-8-5-15(19)11-18(17)22(23)24/h3-8,11,14H,9-10,12H2,1-2H3/t14-/m1/s1. The van der Waals surface area contributed by atoms with E-state index in [1.807, 2.05) is 11.8 Å². The van der Waals surface area contributed by atoms with E-state index in [-0.39, 0.29) is 23.2 Å². The maximum absolute atomic E-state index is 13.0. The summed E-state index contributed by atoms with van der Waals surface area (Å²) in [4.78, 5) is 13.0. The van der Waals surface area contributed by atoms with Crippen LogP contribution in [0, 0.1) is 17.0 Å². The molecule has 1 saturated heterocycles. The molecule has 1 fully saturated rings. The average Bonchev–Trinajstić information content (AvgIpc) is 2.61. The smallest absolute Gasteiger partial charge is 0.294 e. The van der Waals surface area contributed by atoms with Crippen molar-refractivity contribution in [1.29, 1.82) is 0 Å². The lowest BCUT2D eigenvalue weighted by molar-refractivity contribution is -0.384. The Morgan fingerprint density at radius 3 is 2.41 bits per heavy atom. The number of nitro benzene ring substituents is 1. The van der Waals surface area contributed by atoms with Gasteiger partial charge in [0.15, 0.2) is 0 Å². The van der Waals surface area contributed by atoms with E-state index in [1.165, 1.54) is 10.4 Å². The van der Waals surface area contributed by atoms with Gasteiger partial charge in [-0.25, -0.2) is 8.42 Å². The van der Waals surface area contributed by atoms with Crippen molar-refractivity contribution in [3.05, 3.63) is 63.2 Å². The first-order valence-corrected chi connectivity index (χ1v) is 10.3. The van der Waals surface area contributed by atoms with E-state index in [2.05, 4.69) is 0 Å². The summed E-state index contributed by atoms with van der Waals surface area (Å²) in [7, 11) is -3.62. The summed E-state index contributed by atoms with van der Waals surface area (Å²) < 4.78 is 27.4. The molecule has 2 aromatic carbocycles. The third kappa shape index (κ3) is 3.92. The molecule has 0 unspecified atom stereocenters. The average molecular weight is 410 g/mol. The maximum atomic E-state index is 13.0. The molecule has 0 aliphatic carbocycles. The molecule has 1 aliphatic heterocycles. The van der Waals surface area contributed by atoms with Gasteiger partial charge in [0.25, 0.3) is 5.69 Å². The minimum absolute atomic E-state index is 0.0791. The SMILES string of the molecule is Cc1ccc(S(=O)(=O)N2CCN(c3ccc(Cl)cc3[N+](=O)[O-])C[C@H]2C)cc1. The second kappa shape index (κ2) is 7.46. The van der Waals surface area contributed by atoms with E-state index in [0.29, 0.717) is 23.8 Å². The number of rotatable bonds is 4. The van der Waals surface area contributed by atoms with E-state index < -0.39 is 14.9 Å². The van der Waals surface area contributed by atoms with E-state index in [1.54, 1.807) is 43.3 Å². The van der Waals surface area contributed by atoms with Crippen molar-refractivity contribution in [2.45, 2.75) is 24.8 Å². The number of halogens is 1. The zero-order chi connectivity index (χ0) is 19.8. The minimum atomic E-state index is -3.62.